The average molecular weight is 262 g/mol. The predicted octanol–water partition coefficient (Wildman–Crippen LogP) is 3.02. The summed E-state index contributed by atoms with van der Waals surface area (Å²) in [5.41, 5.74) is 0.558. The number of aromatic nitrogens is 1. The third kappa shape index (κ3) is 3.77. The lowest BCUT2D eigenvalue weighted by Crippen LogP contribution is -2.44. The van der Waals surface area contributed by atoms with Crippen LogP contribution in [0, 0.1) is 5.92 Å². The topological polar surface area (TPSA) is 36.4 Å². The average Bonchev–Trinajstić information content (AvgIpc) is 2.42. The second-order valence-electron chi connectivity index (χ2n) is 6.25. The fourth-order valence-electron chi connectivity index (χ4n) is 2.91. The summed E-state index contributed by atoms with van der Waals surface area (Å²) in [4.78, 5) is 6.62. The van der Waals surface area contributed by atoms with E-state index < -0.39 is 5.60 Å². The molecule has 1 fully saturated rings. The maximum atomic E-state index is 10.7. The minimum atomic E-state index is -0.510. The van der Waals surface area contributed by atoms with Crippen LogP contribution in [0.3, 0.4) is 0 Å². The number of hydrogen-bond acceptors (Lipinski definition) is 3. The Labute approximate surface area is 116 Å². The van der Waals surface area contributed by atoms with Crippen LogP contribution in [0.2, 0.25) is 0 Å². The van der Waals surface area contributed by atoms with Crippen LogP contribution in [0.25, 0.3) is 0 Å². The van der Waals surface area contributed by atoms with E-state index in [9.17, 15) is 5.11 Å². The molecule has 1 atom stereocenters. The minimum Gasteiger partial charge on any atom is -0.389 e. The number of pyridine rings is 1. The molecule has 106 valence electrons. The Kier molecular flexibility index (Phi) is 4.58. The smallest absolute Gasteiger partial charge is 0.0774 e. The SMILES string of the molecule is CC1CCC(O)(CN(C)C(C)c2ccccn2)CC1. The zero-order valence-corrected chi connectivity index (χ0v) is 12.3. The maximum absolute atomic E-state index is 10.7. The maximum Gasteiger partial charge on any atom is 0.0774 e. The van der Waals surface area contributed by atoms with E-state index >= 15 is 0 Å². The molecule has 1 unspecified atom stereocenters. The Morgan fingerprint density at radius 2 is 2.11 bits per heavy atom. The molecule has 3 nitrogen and oxygen atoms in total. The van der Waals surface area contributed by atoms with E-state index in [4.69, 9.17) is 0 Å². The van der Waals surface area contributed by atoms with Gasteiger partial charge in [0.05, 0.1) is 11.3 Å². The largest absolute Gasteiger partial charge is 0.389 e. The van der Waals surface area contributed by atoms with Gasteiger partial charge in [0.15, 0.2) is 0 Å². The summed E-state index contributed by atoms with van der Waals surface area (Å²) in [6.45, 7) is 5.16. The molecule has 1 aliphatic carbocycles. The molecule has 3 heteroatoms. The first-order chi connectivity index (χ1) is 9.00. The van der Waals surface area contributed by atoms with E-state index in [0.29, 0.717) is 0 Å². The van der Waals surface area contributed by atoms with Crippen molar-refractivity contribution in [3.8, 4) is 0 Å². The number of likely N-dealkylation sites (N-methyl/N-ethyl adjacent to an activating group) is 1. The second kappa shape index (κ2) is 6.02. The lowest BCUT2D eigenvalue weighted by atomic mass is 9.79. The first kappa shape index (κ1) is 14.5. The summed E-state index contributed by atoms with van der Waals surface area (Å²) in [6, 6.07) is 6.24. The van der Waals surface area contributed by atoms with Gasteiger partial charge in [0.1, 0.15) is 0 Å². The van der Waals surface area contributed by atoms with Crippen LogP contribution in [0.5, 0.6) is 0 Å². The van der Waals surface area contributed by atoms with Crippen molar-refractivity contribution in [3.63, 3.8) is 0 Å². The van der Waals surface area contributed by atoms with Crippen LogP contribution in [0.1, 0.15) is 51.3 Å². The van der Waals surface area contributed by atoms with Gasteiger partial charge in [-0.05, 0) is 57.7 Å². The van der Waals surface area contributed by atoms with Gasteiger partial charge in [-0.1, -0.05) is 13.0 Å². The van der Waals surface area contributed by atoms with Gasteiger partial charge >= 0.3 is 0 Å². The lowest BCUT2D eigenvalue weighted by molar-refractivity contribution is -0.0370. The Balaban J connectivity index is 1.95. The summed E-state index contributed by atoms with van der Waals surface area (Å²) in [7, 11) is 2.08. The van der Waals surface area contributed by atoms with Gasteiger partial charge in [0.25, 0.3) is 0 Å². The fraction of sp³-hybridized carbons (Fsp3) is 0.688. The predicted molar refractivity (Wildman–Crippen MR) is 77.9 cm³/mol. The molecular weight excluding hydrogens is 236 g/mol. The molecule has 1 heterocycles. The third-order valence-corrected chi connectivity index (χ3v) is 4.53. The first-order valence-corrected chi connectivity index (χ1v) is 7.34. The van der Waals surface area contributed by atoms with Crippen molar-refractivity contribution < 1.29 is 5.11 Å². The molecule has 19 heavy (non-hydrogen) atoms. The van der Waals surface area contributed by atoms with Crippen molar-refractivity contribution in [2.75, 3.05) is 13.6 Å². The molecule has 0 aliphatic heterocycles. The van der Waals surface area contributed by atoms with Crippen LogP contribution in [0.4, 0.5) is 0 Å². The summed E-state index contributed by atoms with van der Waals surface area (Å²) >= 11 is 0. The van der Waals surface area contributed by atoms with Crippen molar-refractivity contribution in [1.82, 2.24) is 9.88 Å². The number of aliphatic hydroxyl groups is 1. The normalized spacial score (nSPS) is 29.4. The third-order valence-electron chi connectivity index (χ3n) is 4.53. The molecule has 0 aromatic carbocycles. The van der Waals surface area contributed by atoms with Crippen LogP contribution in [-0.2, 0) is 0 Å². The molecule has 1 aromatic heterocycles. The summed E-state index contributed by atoms with van der Waals surface area (Å²) in [5, 5.41) is 10.7. The minimum absolute atomic E-state index is 0.240. The summed E-state index contributed by atoms with van der Waals surface area (Å²) < 4.78 is 0. The molecule has 1 aromatic rings. The number of nitrogens with zero attached hydrogens (tertiary/aromatic N) is 2. The van der Waals surface area contributed by atoms with Crippen molar-refractivity contribution in [2.24, 2.45) is 5.92 Å². The molecule has 1 saturated carbocycles. The summed E-state index contributed by atoms with van der Waals surface area (Å²) in [5.74, 6) is 0.763. The zero-order valence-electron chi connectivity index (χ0n) is 12.3. The Bertz CT molecular complexity index is 385. The molecule has 0 radical (unpaired) electrons. The molecule has 2 rings (SSSR count). The summed E-state index contributed by atoms with van der Waals surface area (Å²) in [6.07, 6.45) is 5.96. The molecule has 0 spiro atoms. The molecule has 1 aliphatic rings. The van der Waals surface area contributed by atoms with Crippen molar-refractivity contribution in [2.45, 2.75) is 51.2 Å². The van der Waals surface area contributed by atoms with Gasteiger partial charge in [0.2, 0.25) is 0 Å². The lowest BCUT2D eigenvalue weighted by Gasteiger charge is -2.39. The molecule has 1 N–H and O–H groups in total. The molecule has 0 amide bonds. The highest BCUT2D eigenvalue weighted by Gasteiger charge is 2.33. The van der Waals surface area contributed by atoms with E-state index in [-0.39, 0.29) is 6.04 Å². The highest BCUT2D eigenvalue weighted by atomic mass is 16.3. The Morgan fingerprint density at radius 3 is 2.68 bits per heavy atom. The van der Waals surface area contributed by atoms with Gasteiger partial charge < -0.3 is 5.11 Å². The first-order valence-electron chi connectivity index (χ1n) is 7.34. The quantitative estimate of drug-likeness (QED) is 0.906. The standard InChI is InChI=1S/C16H26N2O/c1-13-7-9-16(19,10-8-13)12-18(3)14(2)15-6-4-5-11-17-15/h4-6,11,13-14,19H,7-10,12H2,1-3H3. The van der Waals surface area contributed by atoms with E-state index in [2.05, 4.69) is 30.8 Å². The number of rotatable bonds is 4. The van der Waals surface area contributed by atoms with E-state index in [0.717, 1.165) is 43.8 Å². The second-order valence-corrected chi connectivity index (χ2v) is 6.25. The van der Waals surface area contributed by atoms with Crippen molar-refractivity contribution in [1.29, 1.82) is 0 Å². The van der Waals surface area contributed by atoms with Crippen LogP contribution in [-0.4, -0.2) is 34.2 Å². The van der Waals surface area contributed by atoms with Crippen molar-refractivity contribution >= 4 is 0 Å². The van der Waals surface area contributed by atoms with E-state index in [1.165, 1.54) is 0 Å². The Hall–Kier alpha value is -0.930. The number of hydrogen-bond donors (Lipinski definition) is 1. The molecule has 0 saturated heterocycles. The molecular formula is C16H26N2O. The van der Waals surface area contributed by atoms with Crippen LogP contribution >= 0.6 is 0 Å². The van der Waals surface area contributed by atoms with Crippen molar-refractivity contribution in [3.05, 3.63) is 30.1 Å². The van der Waals surface area contributed by atoms with Crippen LogP contribution < -0.4 is 0 Å². The zero-order chi connectivity index (χ0) is 13.9. The monoisotopic (exact) mass is 262 g/mol. The van der Waals surface area contributed by atoms with Gasteiger partial charge in [0, 0.05) is 18.8 Å². The molecule has 0 bridgehead atoms. The van der Waals surface area contributed by atoms with Gasteiger partial charge in [-0.25, -0.2) is 0 Å². The van der Waals surface area contributed by atoms with E-state index in [1.807, 2.05) is 24.4 Å². The fourth-order valence-corrected chi connectivity index (χ4v) is 2.91. The van der Waals surface area contributed by atoms with Gasteiger partial charge in [-0.2, -0.15) is 0 Å². The van der Waals surface area contributed by atoms with Gasteiger partial charge in [-0.15, -0.1) is 0 Å². The Morgan fingerprint density at radius 1 is 1.42 bits per heavy atom. The highest BCUT2D eigenvalue weighted by Crippen LogP contribution is 2.33. The van der Waals surface area contributed by atoms with Crippen LogP contribution in [0.15, 0.2) is 24.4 Å². The highest BCUT2D eigenvalue weighted by molar-refractivity contribution is 5.08. The van der Waals surface area contributed by atoms with Gasteiger partial charge in [-0.3, -0.25) is 9.88 Å². The van der Waals surface area contributed by atoms with E-state index in [1.54, 1.807) is 0 Å².